The fourth-order valence-electron chi connectivity index (χ4n) is 7.97. The van der Waals surface area contributed by atoms with Crippen molar-refractivity contribution in [1.82, 2.24) is 0 Å². The zero-order valence-electron chi connectivity index (χ0n) is 38.9. The van der Waals surface area contributed by atoms with Crippen molar-refractivity contribution in [2.75, 3.05) is 7.11 Å². The van der Waals surface area contributed by atoms with Gasteiger partial charge in [0.15, 0.2) is 56.7 Å². The van der Waals surface area contributed by atoms with Gasteiger partial charge in [0, 0.05) is 65.9 Å². The van der Waals surface area contributed by atoms with Crippen LogP contribution in [-0.2, 0) is 9.53 Å². The first kappa shape index (κ1) is 51.8. The highest BCUT2D eigenvalue weighted by Crippen LogP contribution is 2.44. The topological polar surface area (TPSA) is 358 Å². The summed E-state index contributed by atoms with van der Waals surface area (Å²) in [5, 5.41) is 108. The van der Waals surface area contributed by atoms with Crippen molar-refractivity contribution in [3.05, 3.63) is 158 Å². The van der Waals surface area contributed by atoms with Crippen LogP contribution in [0.3, 0.4) is 0 Å². The second-order valence-corrected chi connectivity index (χ2v) is 16.7. The number of hydrogen-bond donors (Lipinski definition) is 11. The number of aliphatic carboxylic acids is 1. The molecule has 21 heteroatoms. The largest absolute Gasteiger partial charge is 0.507 e. The van der Waals surface area contributed by atoms with Gasteiger partial charge in [0.1, 0.15) is 56.5 Å². The number of aliphatic hydroxyl groups excluding tert-OH is 3. The monoisotopic (exact) mass is 1030 g/mol. The Morgan fingerprint density at radius 2 is 0.973 bits per heavy atom. The van der Waals surface area contributed by atoms with Gasteiger partial charge in [-0.1, -0.05) is 91.0 Å². The lowest BCUT2D eigenvalue weighted by Gasteiger charge is -2.33. The average Bonchev–Trinajstić information content (AvgIpc) is 3.39. The molecule has 5 atom stereocenters. The van der Waals surface area contributed by atoms with Crippen LogP contribution >= 0.6 is 0 Å². The zero-order chi connectivity index (χ0) is 53.8. The van der Waals surface area contributed by atoms with Crippen LogP contribution in [0.2, 0.25) is 0 Å². The number of methoxy groups -OCH3 is 1. The average molecular weight is 1030 g/mol. The Bertz CT molecular complexity index is 3740. The van der Waals surface area contributed by atoms with Crippen LogP contribution < -0.4 is 25.8 Å². The van der Waals surface area contributed by atoms with Crippen LogP contribution in [0.25, 0.3) is 66.9 Å². The number of fused-ring (bicyclic) bond motifs is 3. The summed E-state index contributed by atoms with van der Waals surface area (Å²) < 4.78 is 32.8. The Kier molecular flexibility index (Phi) is 15.0. The Hall–Kier alpha value is -9.54. The molecule has 1 aliphatic heterocycles. The number of benzene rings is 6. The maximum absolute atomic E-state index is 12.6. The quantitative estimate of drug-likeness (QED) is 0.0771. The molecule has 75 heavy (non-hydrogen) atoms. The van der Waals surface area contributed by atoms with Crippen molar-refractivity contribution in [1.29, 1.82) is 0 Å². The number of aliphatic hydroxyl groups is 3. The van der Waals surface area contributed by atoms with Gasteiger partial charge in [-0.3, -0.25) is 14.4 Å². The smallest absolute Gasteiger partial charge is 0.333 e. The van der Waals surface area contributed by atoms with E-state index in [0.29, 0.717) is 28.2 Å². The predicted octanol–water partition coefficient (Wildman–Crippen LogP) is 6.38. The third-order valence-electron chi connectivity index (χ3n) is 11.7. The lowest BCUT2D eigenvalue weighted by molar-refractivity contribution is -0.199. The Balaban J connectivity index is 0.000000157. The van der Waals surface area contributed by atoms with E-state index in [1.54, 1.807) is 66.7 Å². The van der Waals surface area contributed by atoms with E-state index in [1.165, 1.54) is 19.2 Å². The van der Waals surface area contributed by atoms with Crippen molar-refractivity contribution in [3.8, 4) is 85.7 Å². The second kappa shape index (κ2) is 21.7. The number of ether oxygens (including phenoxy) is 3. The van der Waals surface area contributed by atoms with Gasteiger partial charge in [-0.15, -0.1) is 0 Å². The van der Waals surface area contributed by atoms with Gasteiger partial charge >= 0.3 is 5.97 Å². The summed E-state index contributed by atoms with van der Waals surface area (Å²) >= 11 is 0. The molecule has 5 unspecified atom stereocenters. The lowest BCUT2D eigenvalue weighted by Crippen LogP contribution is -2.48. The van der Waals surface area contributed by atoms with E-state index in [9.17, 15) is 75.3 Å². The number of carboxylic acid groups (broad SMARTS) is 1. The van der Waals surface area contributed by atoms with Gasteiger partial charge in [-0.2, -0.15) is 0 Å². The highest BCUT2D eigenvalue weighted by molar-refractivity contribution is 5.92. The molecule has 10 rings (SSSR count). The van der Waals surface area contributed by atoms with E-state index in [0.717, 1.165) is 24.3 Å². The van der Waals surface area contributed by atoms with Gasteiger partial charge in [0.2, 0.25) is 23.5 Å². The summed E-state index contributed by atoms with van der Waals surface area (Å²) in [5.74, 6) is -5.30. The SMILES string of the molecule is COc1c(O)cc(O)c2c(=O)cc(-c3ccccc3)oc12.O=C(O)C1CC(O)C(O)C(O)CC(Oc2cc3oc(-c4ccccc4)cc(=O)c3c(O)c2O)O1.O=c1cc(-c2ccccc2)oc2cc(O)c(O)c(O)c12. The number of carboxylic acids is 1. The van der Waals surface area contributed by atoms with E-state index < -0.39 is 100 Å². The number of carbonyl (C=O) groups is 1. The molecule has 11 N–H and O–H groups in total. The minimum atomic E-state index is -1.66. The van der Waals surface area contributed by atoms with E-state index in [2.05, 4.69) is 0 Å². The molecule has 1 saturated heterocycles. The van der Waals surface area contributed by atoms with Gasteiger partial charge in [0.05, 0.1) is 19.3 Å². The molecule has 0 radical (unpaired) electrons. The Morgan fingerprint density at radius 1 is 0.520 bits per heavy atom. The maximum Gasteiger partial charge on any atom is 0.333 e. The fraction of sp³-hybridized carbons (Fsp3) is 0.148. The maximum atomic E-state index is 12.6. The standard InChI is InChI=1S/C23H22O11.C16H12O5.C15H10O5/c24-11-6-14(10-4-2-1-3-5-10)32-15-9-16(21(28)22(29)19(11)15)33-18-8-13(26)20(27)12(25)7-17(34-18)23(30)31;1-20-15-12(19)7-10(17)14-11(18)8-13(21-16(14)15)9-5-3-2-4-6-9;16-9-6-11(8-4-2-1-3-5-8)20-12-7-10(17)14(18)15(19)13(9)12/h1-6,9,12-13,17-18,20,25-29H,7-8H2,(H,30,31);2-8,17,19H,1H3;1-7,17-19H. The number of phenols is 7. The molecule has 1 fully saturated rings. The van der Waals surface area contributed by atoms with Gasteiger partial charge in [0.25, 0.3) is 0 Å². The van der Waals surface area contributed by atoms with E-state index in [4.69, 9.17) is 27.5 Å². The molecule has 0 spiro atoms. The van der Waals surface area contributed by atoms with Gasteiger partial charge < -0.3 is 83.6 Å². The minimum Gasteiger partial charge on any atom is -0.507 e. The first-order valence-electron chi connectivity index (χ1n) is 22.4. The molecule has 0 aliphatic carbocycles. The van der Waals surface area contributed by atoms with Crippen LogP contribution in [0, 0.1) is 0 Å². The zero-order valence-corrected chi connectivity index (χ0v) is 38.9. The summed E-state index contributed by atoms with van der Waals surface area (Å²) in [6, 6.07) is 33.7. The Labute approximate surface area is 420 Å². The van der Waals surface area contributed by atoms with Gasteiger partial charge in [-0.25, -0.2) is 4.79 Å². The van der Waals surface area contributed by atoms with Crippen molar-refractivity contribution in [3.63, 3.8) is 0 Å². The highest BCUT2D eigenvalue weighted by atomic mass is 16.7. The summed E-state index contributed by atoms with van der Waals surface area (Å²) in [6.07, 6.45) is -8.88. The number of phenolic OH excluding ortho intramolecular Hbond substituents is 7. The molecule has 9 aromatic rings. The summed E-state index contributed by atoms with van der Waals surface area (Å²) in [7, 11) is 1.35. The van der Waals surface area contributed by atoms with E-state index in [1.807, 2.05) is 24.3 Å². The number of aromatic hydroxyl groups is 7. The van der Waals surface area contributed by atoms with Crippen molar-refractivity contribution in [2.45, 2.75) is 43.5 Å². The molecule has 1 aliphatic rings. The molecule has 4 heterocycles. The fourth-order valence-corrected chi connectivity index (χ4v) is 7.97. The molecule has 386 valence electrons. The predicted molar refractivity (Wildman–Crippen MR) is 266 cm³/mol. The number of rotatable bonds is 7. The molecule has 0 saturated carbocycles. The van der Waals surface area contributed by atoms with Crippen LogP contribution in [-0.4, -0.2) is 100.0 Å². The summed E-state index contributed by atoms with van der Waals surface area (Å²) in [6.45, 7) is 0. The third kappa shape index (κ3) is 10.8. The number of hydrogen-bond acceptors (Lipinski definition) is 20. The molecule has 21 nitrogen and oxygen atoms in total. The third-order valence-corrected chi connectivity index (χ3v) is 11.7. The van der Waals surface area contributed by atoms with Crippen LogP contribution in [0.5, 0.6) is 51.7 Å². The van der Waals surface area contributed by atoms with Crippen LogP contribution in [0.4, 0.5) is 0 Å². The lowest BCUT2D eigenvalue weighted by atomic mass is 9.98. The summed E-state index contributed by atoms with van der Waals surface area (Å²) in [4.78, 5) is 48.4. The minimum absolute atomic E-state index is 0.00385. The Morgan fingerprint density at radius 3 is 1.47 bits per heavy atom. The molecule has 6 aromatic carbocycles. The molecular weight excluding hydrogens is 985 g/mol. The molecule has 0 bridgehead atoms. The normalized spacial score (nSPS) is 17.4. The first-order valence-corrected chi connectivity index (χ1v) is 22.4. The van der Waals surface area contributed by atoms with Gasteiger partial charge in [-0.05, 0) is 0 Å². The summed E-state index contributed by atoms with van der Waals surface area (Å²) in [5.41, 5.74) is 0.336. The van der Waals surface area contributed by atoms with E-state index >= 15 is 0 Å². The second-order valence-electron chi connectivity index (χ2n) is 16.7. The first-order chi connectivity index (χ1) is 35.8. The molecule has 0 amide bonds. The van der Waals surface area contributed by atoms with Crippen molar-refractivity contribution >= 4 is 38.9 Å². The molecular formula is C54H44O21. The van der Waals surface area contributed by atoms with Crippen molar-refractivity contribution < 1.29 is 88.4 Å². The van der Waals surface area contributed by atoms with Crippen molar-refractivity contribution in [2.24, 2.45) is 0 Å². The van der Waals surface area contributed by atoms with E-state index in [-0.39, 0.29) is 55.9 Å². The van der Waals surface area contributed by atoms with Crippen LogP contribution in [0.15, 0.2) is 155 Å². The van der Waals surface area contributed by atoms with Crippen LogP contribution in [0.1, 0.15) is 12.8 Å². The highest BCUT2D eigenvalue weighted by Gasteiger charge is 2.38. The molecule has 3 aromatic heterocycles.